The number of nitro groups is 1. The van der Waals surface area contributed by atoms with Gasteiger partial charge in [-0.15, -0.1) is 0 Å². The lowest BCUT2D eigenvalue weighted by Crippen LogP contribution is -2.30. The summed E-state index contributed by atoms with van der Waals surface area (Å²) in [6, 6.07) is 15.8. The van der Waals surface area contributed by atoms with Gasteiger partial charge in [0, 0.05) is 27.9 Å². The van der Waals surface area contributed by atoms with Crippen LogP contribution in [0.4, 0.5) is 11.4 Å². The number of hydrogen-bond donors (Lipinski definition) is 2. The number of rotatable bonds is 7. The van der Waals surface area contributed by atoms with Gasteiger partial charge in [0.1, 0.15) is 11.4 Å². The highest BCUT2D eigenvalue weighted by Gasteiger charge is 2.17. The molecule has 0 bridgehead atoms. The largest absolute Gasteiger partial charge is 0.496 e. The number of benzene rings is 3. The zero-order valence-electron chi connectivity index (χ0n) is 18.1. The molecule has 0 saturated carbocycles. The van der Waals surface area contributed by atoms with Crippen molar-refractivity contribution in [3.63, 3.8) is 0 Å². The van der Waals surface area contributed by atoms with E-state index in [4.69, 9.17) is 4.74 Å². The fourth-order valence-corrected chi connectivity index (χ4v) is 3.76. The summed E-state index contributed by atoms with van der Waals surface area (Å²) in [7, 11) is 1.51. The highest BCUT2D eigenvalue weighted by molar-refractivity contribution is 9.10. The van der Waals surface area contributed by atoms with Crippen molar-refractivity contribution in [1.29, 1.82) is 0 Å². The van der Waals surface area contributed by atoms with Crippen molar-refractivity contribution in [1.82, 2.24) is 5.32 Å². The van der Waals surface area contributed by atoms with Crippen LogP contribution in [0.2, 0.25) is 0 Å². The second-order valence-corrected chi connectivity index (χ2v) is 8.84. The van der Waals surface area contributed by atoms with Crippen LogP contribution in [0.1, 0.15) is 21.5 Å². The predicted octanol–water partition coefficient (Wildman–Crippen LogP) is 5.85. The molecule has 2 amide bonds. The van der Waals surface area contributed by atoms with E-state index in [1.807, 2.05) is 6.92 Å². The van der Waals surface area contributed by atoms with E-state index in [9.17, 15) is 19.7 Å². The highest BCUT2D eigenvalue weighted by Crippen LogP contribution is 2.26. The fraction of sp³-hybridized carbons (Fsp3) is 0.0833. The minimum Gasteiger partial charge on any atom is -0.496 e. The smallest absolute Gasteiger partial charge is 0.272 e. The molecular weight excluding hydrogens is 570 g/mol. The van der Waals surface area contributed by atoms with Crippen molar-refractivity contribution in [3.8, 4) is 5.75 Å². The van der Waals surface area contributed by atoms with E-state index < -0.39 is 16.7 Å². The third-order valence-corrected chi connectivity index (χ3v) is 6.22. The minimum atomic E-state index is -0.589. The number of nitro benzene ring substituents is 1. The van der Waals surface area contributed by atoms with Crippen molar-refractivity contribution < 1.29 is 19.2 Å². The lowest BCUT2D eigenvalue weighted by atomic mass is 10.1. The third-order valence-electron chi connectivity index (χ3n) is 4.71. The first-order valence-corrected chi connectivity index (χ1v) is 11.4. The lowest BCUT2D eigenvalue weighted by Gasteiger charge is -2.13. The van der Waals surface area contributed by atoms with Crippen LogP contribution in [-0.4, -0.2) is 23.8 Å². The molecule has 0 heterocycles. The Balaban J connectivity index is 1.95. The topological polar surface area (TPSA) is 111 Å². The summed E-state index contributed by atoms with van der Waals surface area (Å²) >= 11 is 6.75. The van der Waals surface area contributed by atoms with Crippen LogP contribution >= 0.6 is 31.9 Å². The SMILES string of the molecule is COc1ccc(C(=O)NC(=Cc2cccc([N+](=O)[O-])c2)C(=O)Nc2ccc(Br)c(C)c2)cc1Br. The van der Waals surface area contributed by atoms with E-state index in [2.05, 4.69) is 42.5 Å². The molecule has 3 aromatic carbocycles. The molecule has 0 aliphatic carbocycles. The van der Waals surface area contributed by atoms with Gasteiger partial charge in [0.15, 0.2) is 0 Å². The summed E-state index contributed by atoms with van der Waals surface area (Å²) in [5, 5.41) is 16.5. The Kier molecular flexibility index (Phi) is 8.19. The van der Waals surface area contributed by atoms with Gasteiger partial charge >= 0.3 is 0 Å². The molecule has 0 aromatic heterocycles. The molecule has 10 heteroatoms. The summed E-state index contributed by atoms with van der Waals surface area (Å²) in [6.45, 7) is 1.88. The molecule has 3 aromatic rings. The Morgan fingerprint density at radius 1 is 1.03 bits per heavy atom. The fourth-order valence-electron chi connectivity index (χ4n) is 2.98. The van der Waals surface area contributed by atoms with E-state index >= 15 is 0 Å². The highest BCUT2D eigenvalue weighted by atomic mass is 79.9. The van der Waals surface area contributed by atoms with Crippen LogP contribution < -0.4 is 15.4 Å². The molecule has 0 spiro atoms. The molecule has 0 unspecified atom stereocenters. The van der Waals surface area contributed by atoms with Gasteiger partial charge in [-0.3, -0.25) is 19.7 Å². The van der Waals surface area contributed by atoms with Gasteiger partial charge in [-0.2, -0.15) is 0 Å². The van der Waals surface area contributed by atoms with Crippen molar-refractivity contribution >= 4 is 61.1 Å². The average Bonchev–Trinajstić information content (AvgIpc) is 2.81. The van der Waals surface area contributed by atoms with Gasteiger partial charge in [0.2, 0.25) is 0 Å². The normalized spacial score (nSPS) is 11.0. The molecule has 0 fully saturated rings. The predicted molar refractivity (Wildman–Crippen MR) is 137 cm³/mol. The number of carbonyl (C=O) groups is 2. The van der Waals surface area contributed by atoms with E-state index in [-0.39, 0.29) is 16.9 Å². The van der Waals surface area contributed by atoms with Crippen molar-refractivity contribution in [2.45, 2.75) is 6.92 Å². The summed E-state index contributed by atoms with van der Waals surface area (Å²) < 4.78 is 6.64. The number of nitrogens with one attached hydrogen (secondary N) is 2. The second kappa shape index (κ2) is 11.1. The Hall–Kier alpha value is -3.50. The zero-order chi connectivity index (χ0) is 24.8. The molecule has 0 saturated heterocycles. The molecule has 0 atom stereocenters. The summed E-state index contributed by atoms with van der Waals surface area (Å²) in [4.78, 5) is 36.6. The van der Waals surface area contributed by atoms with Crippen LogP contribution in [0.25, 0.3) is 6.08 Å². The molecule has 0 aliphatic rings. The van der Waals surface area contributed by atoms with Gasteiger partial charge in [0.25, 0.3) is 17.5 Å². The van der Waals surface area contributed by atoms with Crippen molar-refractivity contribution in [2.24, 2.45) is 0 Å². The number of carbonyl (C=O) groups excluding carboxylic acids is 2. The first-order valence-electron chi connectivity index (χ1n) is 9.86. The van der Waals surface area contributed by atoms with Crippen LogP contribution in [-0.2, 0) is 4.79 Å². The van der Waals surface area contributed by atoms with Gasteiger partial charge in [-0.1, -0.05) is 28.1 Å². The van der Waals surface area contributed by atoms with Gasteiger partial charge in [-0.05, 0) is 76.5 Å². The van der Waals surface area contributed by atoms with Crippen molar-refractivity contribution in [2.75, 3.05) is 12.4 Å². The number of methoxy groups -OCH3 is 1. The molecule has 2 N–H and O–H groups in total. The summed E-state index contributed by atoms with van der Waals surface area (Å²) in [6.07, 6.45) is 1.38. The van der Waals surface area contributed by atoms with Crippen LogP contribution in [0.5, 0.6) is 5.75 Å². The number of hydrogen-bond acceptors (Lipinski definition) is 5. The van der Waals surface area contributed by atoms with Crippen LogP contribution in [0.15, 0.2) is 75.3 Å². The standard InChI is InChI=1S/C24H19Br2N3O5/c1-14-10-17(7-8-19(14)25)27-24(31)21(12-15-4-3-5-18(11-15)29(32)33)28-23(30)16-6-9-22(34-2)20(26)13-16/h3-13H,1-2H3,(H,27,31)(H,28,30). The first kappa shape index (κ1) is 25.1. The number of nitrogens with zero attached hydrogens (tertiary/aromatic N) is 1. The van der Waals surface area contributed by atoms with Gasteiger partial charge in [0.05, 0.1) is 16.5 Å². The third kappa shape index (κ3) is 6.30. The molecule has 174 valence electrons. The lowest BCUT2D eigenvalue weighted by molar-refractivity contribution is -0.384. The summed E-state index contributed by atoms with van der Waals surface area (Å²) in [5.74, 6) is -0.580. The number of non-ortho nitro benzene ring substituents is 1. The van der Waals surface area contributed by atoms with E-state index in [0.29, 0.717) is 21.5 Å². The quantitative estimate of drug-likeness (QED) is 0.204. The molecule has 0 radical (unpaired) electrons. The number of ether oxygens (including phenoxy) is 1. The molecule has 3 rings (SSSR count). The maximum atomic E-state index is 13.1. The number of amides is 2. The maximum absolute atomic E-state index is 13.1. The van der Waals surface area contributed by atoms with Gasteiger partial charge in [-0.25, -0.2) is 0 Å². The number of halogens is 2. The Bertz CT molecular complexity index is 1310. The molecule has 0 aliphatic heterocycles. The first-order chi connectivity index (χ1) is 16.2. The molecule has 34 heavy (non-hydrogen) atoms. The van der Waals surface area contributed by atoms with Gasteiger partial charge < -0.3 is 15.4 Å². The number of aryl methyl sites for hydroxylation is 1. The Morgan fingerprint density at radius 2 is 1.79 bits per heavy atom. The molecular formula is C24H19Br2N3O5. The average molecular weight is 589 g/mol. The van der Waals surface area contributed by atoms with Crippen LogP contribution in [0, 0.1) is 17.0 Å². The monoisotopic (exact) mass is 587 g/mol. The Labute approximate surface area is 212 Å². The van der Waals surface area contributed by atoms with Crippen molar-refractivity contribution in [3.05, 3.63) is 102 Å². The number of anilines is 1. The van der Waals surface area contributed by atoms with Crippen LogP contribution in [0.3, 0.4) is 0 Å². The molecule has 8 nitrogen and oxygen atoms in total. The zero-order valence-corrected chi connectivity index (χ0v) is 21.3. The van der Waals surface area contributed by atoms with E-state index in [1.165, 1.54) is 31.4 Å². The summed E-state index contributed by atoms with van der Waals surface area (Å²) in [5.41, 5.74) is 1.87. The van der Waals surface area contributed by atoms with E-state index in [1.54, 1.807) is 42.5 Å². The Morgan fingerprint density at radius 3 is 2.44 bits per heavy atom. The second-order valence-electron chi connectivity index (χ2n) is 7.13. The van der Waals surface area contributed by atoms with E-state index in [0.717, 1.165) is 10.0 Å². The minimum absolute atomic E-state index is 0.0852. The maximum Gasteiger partial charge on any atom is 0.272 e.